The predicted octanol–water partition coefficient (Wildman–Crippen LogP) is -0.638. The quantitative estimate of drug-likeness (QED) is 0.175. The summed E-state index contributed by atoms with van der Waals surface area (Å²) in [5, 5.41) is 36.9. The number of benzene rings is 2. The van der Waals surface area contributed by atoms with Gasteiger partial charge in [-0.3, -0.25) is 16.0 Å². The van der Waals surface area contributed by atoms with Gasteiger partial charge in [0.15, 0.2) is 0 Å². The standard InChI is InChI=1S/C27H40N8O5/c1-34(14-20-22(36)23(37)26(40-20)35-16-32-21-24(28)30-15-31-25(21)35)13-5-12-29-27(38)33-17-8-10-19(11-9-17)39-18-6-3-2-4-7-18/h2-4,6-11,20-26,30-32,36-37H,5,12-16,28H2,1H3,(H2,29,33,38)/t20-,21?,22-,23-,24?,25?,26-/m1/s1. The van der Waals surface area contributed by atoms with Gasteiger partial charge in [-0.15, -0.1) is 0 Å². The smallest absolute Gasteiger partial charge is 0.319 e. The minimum atomic E-state index is -1.03. The van der Waals surface area contributed by atoms with Crippen LogP contribution in [0.1, 0.15) is 6.42 Å². The Morgan fingerprint density at radius 1 is 1.10 bits per heavy atom. The Morgan fingerprint density at radius 3 is 2.62 bits per heavy atom. The average molecular weight is 557 g/mol. The van der Waals surface area contributed by atoms with Crippen LogP contribution in [-0.4, -0.2) is 109 Å². The number of nitrogens with two attached hydrogens (primary N) is 1. The number of ether oxygens (including phenoxy) is 2. The van der Waals surface area contributed by atoms with Crippen LogP contribution in [0.5, 0.6) is 11.5 Å². The number of fused-ring (bicyclic) bond motifs is 1. The summed E-state index contributed by atoms with van der Waals surface area (Å²) in [6, 6.07) is 16.4. The molecule has 3 saturated heterocycles. The molecular weight excluding hydrogens is 516 g/mol. The van der Waals surface area contributed by atoms with Gasteiger partial charge in [0.2, 0.25) is 0 Å². The van der Waals surface area contributed by atoms with E-state index in [2.05, 4.69) is 26.6 Å². The van der Waals surface area contributed by atoms with Gasteiger partial charge in [0.25, 0.3) is 0 Å². The molecule has 13 nitrogen and oxygen atoms in total. The molecule has 3 fully saturated rings. The van der Waals surface area contributed by atoms with Crippen molar-refractivity contribution >= 4 is 11.7 Å². The molecule has 3 aliphatic rings. The largest absolute Gasteiger partial charge is 0.457 e. The number of hydrogen-bond donors (Lipinski definition) is 8. The van der Waals surface area contributed by atoms with Gasteiger partial charge in [-0.1, -0.05) is 18.2 Å². The monoisotopic (exact) mass is 556 g/mol. The molecule has 13 heteroatoms. The molecule has 40 heavy (non-hydrogen) atoms. The zero-order valence-corrected chi connectivity index (χ0v) is 22.6. The van der Waals surface area contributed by atoms with E-state index in [4.69, 9.17) is 15.2 Å². The Kier molecular flexibility index (Phi) is 9.47. The lowest BCUT2D eigenvalue weighted by molar-refractivity contribution is -0.106. The second kappa shape index (κ2) is 13.2. The normalized spacial score (nSPS) is 30.3. The molecule has 218 valence electrons. The molecule has 7 atom stereocenters. The highest BCUT2D eigenvalue weighted by Gasteiger charge is 2.51. The van der Waals surface area contributed by atoms with Crippen molar-refractivity contribution in [2.75, 3.05) is 45.3 Å². The lowest BCUT2D eigenvalue weighted by Crippen LogP contribution is -2.68. The molecule has 0 aromatic heterocycles. The van der Waals surface area contributed by atoms with Crippen LogP contribution in [0.3, 0.4) is 0 Å². The lowest BCUT2D eigenvalue weighted by atomic mass is 10.1. The molecule has 2 amide bonds. The number of aliphatic hydroxyl groups excluding tert-OH is 2. The first-order valence-electron chi connectivity index (χ1n) is 13.7. The fourth-order valence-electron chi connectivity index (χ4n) is 5.36. The molecular formula is C27H40N8O5. The first-order valence-corrected chi connectivity index (χ1v) is 13.7. The highest BCUT2D eigenvalue weighted by Crippen LogP contribution is 2.29. The summed E-state index contributed by atoms with van der Waals surface area (Å²) in [6.45, 7) is 2.65. The van der Waals surface area contributed by atoms with E-state index < -0.39 is 24.5 Å². The molecule has 2 aromatic carbocycles. The number of carbonyl (C=O) groups is 1. The number of nitrogens with one attached hydrogen (secondary N) is 5. The van der Waals surface area contributed by atoms with Crippen LogP contribution in [0.15, 0.2) is 54.6 Å². The highest BCUT2D eigenvalue weighted by molar-refractivity contribution is 5.89. The van der Waals surface area contributed by atoms with Crippen LogP contribution >= 0.6 is 0 Å². The minimum Gasteiger partial charge on any atom is -0.457 e. The van der Waals surface area contributed by atoms with Crippen LogP contribution < -0.4 is 37.1 Å². The van der Waals surface area contributed by atoms with E-state index in [1.54, 1.807) is 24.3 Å². The number of nitrogens with zero attached hydrogens (tertiary/aromatic N) is 2. The molecule has 3 unspecified atom stereocenters. The zero-order valence-electron chi connectivity index (χ0n) is 22.6. The highest BCUT2D eigenvalue weighted by atomic mass is 16.6. The molecule has 3 aliphatic heterocycles. The third-order valence-electron chi connectivity index (χ3n) is 7.49. The van der Waals surface area contributed by atoms with Crippen molar-refractivity contribution in [1.82, 2.24) is 31.1 Å². The van der Waals surface area contributed by atoms with Gasteiger partial charge in [-0.25, -0.2) is 9.69 Å². The van der Waals surface area contributed by atoms with E-state index in [0.717, 1.165) is 5.75 Å². The van der Waals surface area contributed by atoms with Crippen molar-refractivity contribution in [3.63, 3.8) is 0 Å². The predicted molar refractivity (Wildman–Crippen MR) is 149 cm³/mol. The SMILES string of the molecule is CN(CCCNC(=O)Nc1ccc(Oc2ccccc2)cc1)C[C@H]1O[C@@H](N2CNC3C(N)NCNC32)[C@H](O)[C@@H]1O. The second-order valence-corrected chi connectivity index (χ2v) is 10.4. The second-order valence-electron chi connectivity index (χ2n) is 10.4. The average Bonchev–Trinajstić information content (AvgIpc) is 3.50. The zero-order chi connectivity index (χ0) is 28.1. The number of para-hydroxylation sites is 1. The Morgan fingerprint density at radius 2 is 1.85 bits per heavy atom. The number of hydrogen-bond acceptors (Lipinski definition) is 11. The molecule has 2 aromatic rings. The van der Waals surface area contributed by atoms with Gasteiger partial charge < -0.3 is 41.0 Å². The molecule has 0 saturated carbocycles. The number of anilines is 1. The summed E-state index contributed by atoms with van der Waals surface area (Å²) in [5.41, 5.74) is 6.81. The Bertz CT molecular complexity index is 1100. The maximum Gasteiger partial charge on any atom is 0.319 e. The van der Waals surface area contributed by atoms with Crippen LogP contribution in [0.25, 0.3) is 0 Å². The van der Waals surface area contributed by atoms with Crippen LogP contribution in [0.2, 0.25) is 0 Å². The Labute approximate surface area is 234 Å². The van der Waals surface area contributed by atoms with Crippen molar-refractivity contribution in [3.8, 4) is 11.5 Å². The van der Waals surface area contributed by atoms with Crippen LogP contribution in [-0.2, 0) is 4.74 Å². The summed E-state index contributed by atoms with van der Waals surface area (Å²) in [7, 11) is 1.93. The summed E-state index contributed by atoms with van der Waals surface area (Å²) in [4.78, 5) is 16.3. The van der Waals surface area contributed by atoms with Crippen molar-refractivity contribution < 1.29 is 24.5 Å². The van der Waals surface area contributed by atoms with E-state index >= 15 is 0 Å². The maximum absolute atomic E-state index is 12.3. The Balaban J connectivity index is 0.999. The fraction of sp³-hybridized carbons (Fsp3) is 0.519. The van der Waals surface area contributed by atoms with Gasteiger partial charge >= 0.3 is 6.03 Å². The molecule has 0 bridgehead atoms. The molecule has 0 radical (unpaired) electrons. The summed E-state index contributed by atoms with van der Waals surface area (Å²) in [6.07, 6.45) is -2.82. The van der Waals surface area contributed by atoms with E-state index in [-0.39, 0.29) is 24.4 Å². The van der Waals surface area contributed by atoms with E-state index in [0.29, 0.717) is 50.8 Å². The number of carbonyl (C=O) groups excluding carboxylic acids is 1. The van der Waals surface area contributed by atoms with Gasteiger partial charge in [0, 0.05) is 25.4 Å². The molecule has 5 rings (SSSR count). The summed E-state index contributed by atoms with van der Waals surface area (Å²) < 4.78 is 11.9. The van der Waals surface area contributed by atoms with Gasteiger partial charge in [-0.2, -0.15) is 0 Å². The van der Waals surface area contributed by atoms with Crippen LogP contribution in [0.4, 0.5) is 10.5 Å². The maximum atomic E-state index is 12.3. The summed E-state index contributed by atoms with van der Waals surface area (Å²) in [5.74, 6) is 1.43. The summed E-state index contributed by atoms with van der Waals surface area (Å²) >= 11 is 0. The van der Waals surface area contributed by atoms with Crippen molar-refractivity contribution in [2.24, 2.45) is 5.73 Å². The number of rotatable bonds is 10. The van der Waals surface area contributed by atoms with Gasteiger partial charge in [-0.05, 0) is 56.4 Å². The number of aliphatic hydroxyl groups is 2. The van der Waals surface area contributed by atoms with Gasteiger partial charge in [0.1, 0.15) is 36.0 Å². The van der Waals surface area contributed by atoms with E-state index in [1.807, 2.05) is 47.2 Å². The first-order chi connectivity index (χ1) is 19.4. The number of likely N-dealkylation sites (N-methyl/N-ethyl adjacent to an activating group) is 1. The molecule has 0 aliphatic carbocycles. The Hall–Kier alpha value is -2.85. The topological polar surface area (TPSA) is 169 Å². The van der Waals surface area contributed by atoms with Crippen molar-refractivity contribution in [1.29, 1.82) is 0 Å². The van der Waals surface area contributed by atoms with Crippen molar-refractivity contribution in [2.45, 2.75) is 49.3 Å². The lowest BCUT2D eigenvalue weighted by Gasteiger charge is -2.38. The van der Waals surface area contributed by atoms with E-state index in [9.17, 15) is 15.0 Å². The molecule has 9 N–H and O–H groups in total. The molecule has 3 heterocycles. The minimum absolute atomic E-state index is 0.0267. The third-order valence-corrected chi connectivity index (χ3v) is 7.49. The fourth-order valence-corrected chi connectivity index (χ4v) is 5.36. The van der Waals surface area contributed by atoms with Gasteiger partial charge in [0.05, 0.1) is 25.0 Å². The first kappa shape index (κ1) is 28.7. The van der Waals surface area contributed by atoms with E-state index in [1.165, 1.54) is 0 Å². The van der Waals surface area contributed by atoms with Crippen molar-refractivity contribution in [3.05, 3.63) is 54.6 Å². The third kappa shape index (κ3) is 6.89. The van der Waals surface area contributed by atoms with Crippen LogP contribution in [0, 0.1) is 0 Å². The number of amides is 2. The molecule has 0 spiro atoms. The number of urea groups is 1.